The molecule has 0 fully saturated rings. The lowest BCUT2D eigenvalue weighted by Gasteiger charge is -2.23. The maximum absolute atomic E-state index is 12.4. The second-order valence-electron chi connectivity index (χ2n) is 4.21. The van der Waals surface area contributed by atoms with E-state index >= 15 is 0 Å². The lowest BCUT2D eigenvalue weighted by Crippen LogP contribution is -2.24. The van der Waals surface area contributed by atoms with Crippen molar-refractivity contribution in [3.63, 3.8) is 0 Å². The number of para-hydroxylation sites is 1. The lowest BCUT2D eigenvalue weighted by molar-refractivity contribution is -0.275. The first-order chi connectivity index (χ1) is 8.87. The van der Waals surface area contributed by atoms with E-state index < -0.39 is 6.36 Å². The molecule has 0 saturated heterocycles. The van der Waals surface area contributed by atoms with Crippen LogP contribution in [0.4, 0.5) is 13.2 Å². The Morgan fingerprint density at radius 1 is 1.26 bits per heavy atom. The van der Waals surface area contributed by atoms with Gasteiger partial charge in [0.1, 0.15) is 5.75 Å². The minimum Gasteiger partial charge on any atom is -0.405 e. The third-order valence-corrected chi connectivity index (χ3v) is 2.84. The molecule has 3 nitrogen and oxygen atoms in total. The Balaban J connectivity index is 2.96. The fraction of sp³-hybridized carbons (Fsp3) is 0.538. The predicted molar refractivity (Wildman–Crippen MR) is 66.0 cm³/mol. The van der Waals surface area contributed by atoms with Crippen molar-refractivity contribution in [2.75, 3.05) is 14.2 Å². The van der Waals surface area contributed by atoms with Gasteiger partial charge in [-0.2, -0.15) is 0 Å². The Bertz CT molecular complexity index is 396. The van der Waals surface area contributed by atoms with Crippen LogP contribution in [0.5, 0.6) is 5.75 Å². The van der Waals surface area contributed by atoms with Gasteiger partial charge in [-0.25, -0.2) is 0 Å². The van der Waals surface area contributed by atoms with Crippen LogP contribution in [0.25, 0.3) is 0 Å². The highest BCUT2D eigenvalue weighted by atomic mass is 19.4. The van der Waals surface area contributed by atoms with Gasteiger partial charge in [-0.05, 0) is 26.5 Å². The summed E-state index contributed by atoms with van der Waals surface area (Å²) in [5.74, 6) is -0.183. The van der Waals surface area contributed by atoms with Crippen LogP contribution in [-0.2, 0) is 4.74 Å². The van der Waals surface area contributed by atoms with Gasteiger partial charge in [0.25, 0.3) is 0 Å². The summed E-state index contributed by atoms with van der Waals surface area (Å²) in [6, 6.07) is 5.85. The van der Waals surface area contributed by atoms with E-state index in [0.29, 0.717) is 12.0 Å². The standard InChI is InChI=1S/C13H18F3NO2/c1-9(18-3)8-11(17-2)10-6-4-5-7-12(10)19-13(14,15)16/h4-7,9,11,17H,8H2,1-3H3. The fourth-order valence-corrected chi connectivity index (χ4v) is 1.81. The molecule has 19 heavy (non-hydrogen) atoms. The third-order valence-electron chi connectivity index (χ3n) is 2.84. The van der Waals surface area contributed by atoms with Crippen LogP contribution in [0.15, 0.2) is 24.3 Å². The fourth-order valence-electron chi connectivity index (χ4n) is 1.81. The Hall–Kier alpha value is -1.27. The van der Waals surface area contributed by atoms with Crippen LogP contribution in [0.2, 0.25) is 0 Å². The van der Waals surface area contributed by atoms with Crippen molar-refractivity contribution in [2.45, 2.75) is 31.9 Å². The summed E-state index contributed by atoms with van der Waals surface area (Å²) in [5.41, 5.74) is 0.464. The molecule has 1 aromatic carbocycles. The van der Waals surface area contributed by atoms with Crippen LogP contribution in [0, 0.1) is 0 Å². The monoisotopic (exact) mass is 277 g/mol. The van der Waals surface area contributed by atoms with E-state index in [4.69, 9.17) is 4.74 Å². The van der Waals surface area contributed by atoms with E-state index in [1.165, 1.54) is 12.1 Å². The summed E-state index contributed by atoms with van der Waals surface area (Å²) in [7, 11) is 3.26. The first-order valence-corrected chi connectivity index (χ1v) is 5.92. The second kappa shape index (κ2) is 6.77. The van der Waals surface area contributed by atoms with Crippen LogP contribution in [0.3, 0.4) is 0 Å². The highest BCUT2D eigenvalue weighted by Crippen LogP contribution is 2.32. The van der Waals surface area contributed by atoms with Gasteiger partial charge in [-0.3, -0.25) is 0 Å². The average Bonchev–Trinajstić information content (AvgIpc) is 2.34. The maximum Gasteiger partial charge on any atom is 0.573 e. The molecule has 0 bridgehead atoms. The van der Waals surface area contributed by atoms with Crippen LogP contribution in [0.1, 0.15) is 24.9 Å². The summed E-state index contributed by atoms with van der Waals surface area (Å²) in [6.45, 7) is 1.86. The van der Waals surface area contributed by atoms with E-state index in [9.17, 15) is 13.2 Å². The number of rotatable bonds is 6. The first kappa shape index (κ1) is 15.8. The molecule has 0 aliphatic rings. The Morgan fingerprint density at radius 3 is 2.42 bits per heavy atom. The number of benzene rings is 1. The zero-order chi connectivity index (χ0) is 14.5. The lowest BCUT2D eigenvalue weighted by atomic mass is 10.0. The normalized spacial score (nSPS) is 15.1. The molecular weight excluding hydrogens is 259 g/mol. The molecule has 0 amide bonds. The zero-order valence-electron chi connectivity index (χ0n) is 11.1. The molecular formula is C13H18F3NO2. The van der Waals surface area contributed by atoms with Gasteiger partial charge in [-0.15, -0.1) is 13.2 Å². The number of hydrogen-bond donors (Lipinski definition) is 1. The Kier molecular flexibility index (Phi) is 5.62. The minimum atomic E-state index is -4.69. The molecule has 0 saturated carbocycles. The van der Waals surface area contributed by atoms with Gasteiger partial charge in [0, 0.05) is 18.7 Å². The van der Waals surface area contributed by atoms with Gasteiger partial charge in [0.05, 0.1) is 6.10 Å². The van der Waals surface area contributed by atoms with E-state index in [1.54, 1.807) is 26.3 Å². The molecule has 0 aromatic heterocycles. The second-order valence-corrected chi connectivity index (χ2v) is 4.21. The van der Waals surface area contributed by atoms with E-state index in [0.717, 1.165) is 0 Å². The van der Waals surface area contributed by atoms with Gasteiger partial charge >= 0.3 is 6.36 Å². The Morgan fingerprint density at radius 2 is 1.89 bits per heavy atom. The number of alkyl halides is 3. The minimum absolute atomic E-state index is 0.0728. The maximum atomic E-state index is 12.4. The van der Waals surface area contributed by atoms with Crippen molar-refractivity contribution in [2.24, 2.45) is 0 Å². The van der Waals surface area contributed by atoms with Crippen molar-refractivity contribution in [3.8, 4) is 5.75 Å². The van der Waals surface area contributed by atoms with Gasteiger partial charge in [0.2, 0.25) is 0 Å². The summed E-state index contributed by atoms with van der Waals surface area (Å²) >= 11 is 0. The molecule has 1 N–H and O–H groups in total. The third kappa shape index (κ3) is 5.08. The molecule has 0 aliphatic heterocycles. The molecule has 0 heterocycles. The quantitative estimate of drug-likeness (QED) is 0.865. The molecule has 1 rings (SSSR count). The van der Waals surface area contributed by atoms with Gasteiger partial charge < -0.3 is 14.8 Å². The van der Waals surface area contributed by atoms with Crippen molar-refractivity contribution in [3.05, 3.63) is 29.8 Å². The summed E-state index contributed by atoms with van der Waals surface area (Å²) in [4.78, 5) is 0. The highest BCUT2D eigenvalue weighted by molar-refractivity contribution is 5.36. The van der Waals surface area contributed by atoms with Crippen molar-refractivity contribution >= 4 is 0 Å². The summed E-state index contributed by atoms with van der Waals surface area (Å²) in [6.07, 6.45) is -4.22. The molecule has 2 atom stereocenters. The summed E-state index contributed by atoms with van der Waals surface area (Å²) < 4.78 is 46.2. The van der Waals surface area contributed by atoms with E-state index in [1.807, 2.05) is 6.92 Å². The number of hydrogen-bond acceptors (Lipinski definition) is 3. The van der Waals surface area contributed by atoms with E-state index in [2.05, 4.69) is 10.1 Å². The average molecular weight is 277 g/mol. The van der Waals surface area contributed by atoms with Crippen LogP contribution >= 0.6 is 0 Å². The molecule has 6 heteroatoms. The largest absolute Gasteiger partial charge is 0.573 e. The summed E-state index contributed by atoms with van der Waals surface area (Å²) in [5, 5.41) is 2.98. The number of nitrogens with one attached hydrogen (secondary N) is 1. The number of methoxy groups -OCH3 is 1. The van der Waals surface area contributed by atoms with Gasteiger partial charge in [-0.1, -0.05) is 18.2 Å². The molecule has 2 unspecified atom stereocenters. The van der Waals surface area contributed by atoms with Crippen molar-refractivity contribution in [1.82, 2.24) is 5.32 Å². The topological polar surface area (TPSA) is 30.5 Å². The highest BCUT2D eigenvalue weighted by Gasteiger charge is 2.32. The van der Waals surface area contributed by atoms with Crippen molar-refractivity contribution in [1.29, 1.82) is 0 Å². The molecule has 1 aromatic rings. The van der Waals surface area contributed by atoms with Crippen molar-refractivity contribution < 1.29 is 22.6 Å². The predicted octanol–water partition coefficient (Wildman–Crippen LogP) is 3.27. The molecule has 0 radical (unpaired) electrons. The zero-order valence-corrected chi connectivity index (χ0v) is 11.1. The van der Waals surface area contributed by atoms with E-state index in [-0.39, 0.29) is 17.9 Å². The SMILES string of the molecule is CNC(CC(C)OC)c1ccccc1OC(F)(F)F. The molecule has 108 valence electrons. The van der Waals surface area contributed by atoms with Gasteiger partial charge in [0.15, 0.2) is 0 Å². The first-order valence-electron chi connectivity index (χ1n) is 5.92. The van der Waals surface area contributed by atoms with Crippen LogP contribution < -0.4 is 10.1 Å². The number of ether oxygens (including phenoxy) is 2. The smallest absolute Gasteiger partial charge is 0.405 e. The number of halogens is 3. The molecule has 0 spiro atoms. The van der Waals surface area contributed by atoms with Crippen LogP contribution in [-0.4, -0.2) is 26.6 Å². The molecule has 0 aliphatic carbocycles. The Labute approximate surface area is 110 Å².